The zero-order valence-electron chi connectivity index (χ0n) is 16.8. The van der Waals surface area contributed by atoms with E-state index in [0.717, 1.165) is 41.9 Å². The molecule has 146 valence electrons. The predicted molar refractivity (Wildman–Crippen MR) is 110 cm³/mol. The summed E-state index contributed by atoms with van der Waals surface area (Å²) >= 11 is 0. The molecule has 0 bridgehead atoms. The Morgan fingerprint density at radius 2 is 2.00 bits per heavy atom. The van der Waals surface area contributed by atoms with Crippen LogP contribution in [0.25, 0.3) is 10.9 Å². The number of rotatable bonds is 4. The number of fused-ring (bicyclic) bond motifs is 1. The van der Waals surface area contributed by atoms with Crippen LogP contribution in [-0.4, -0.2) is 38.9 Å². The summed E-state index contributed by atoms with van der Waals surface area (Å²) < 4.78 is 2.02. The Balaban J connectivity index is 1.63. The number of hydrogen-bond acceptors (Lipinski definition) is 4. The molecule has 6 heteroatoms. The third kappa shape index (κ3) is 3.40. The molecule has 1 N–H and O–H groups in total. The summed E-state index contributed by atoms with van der Waals surface area (Å²) in [5, 5.41) is 3.83. The van der Waals surface area contributed by atoms with Crippen LogP contribution in [0.4, 0.5) is 0 Å². The van der Waals surface area contributed by atoms with Crippen molar-refractivity contribution in [3.05, 3.63) is 59.3 Å². The molecule has 1 aliphatic rings. The molecule has 1 amide bonds. The molecule has 0 spiro atoms. The van der Waals surface area contributed by atoms with Gasteiger partial charge < -0.3 is 9.88 Å². The van der Waals surface area contributed by atoms with Crippen LogP contribution in [0.1, 0.15) is 53.0 Å². The van der Waals surface area contributed by atoms with E-state index >= 15 is 0 Å². The highest BCUT2D eigenvalue weighted by molar-refractivity contribution is 5.92. The lowest BCUT2D eigenvalue weighted by Gasteiger charge is -2.35. The standard InChI is InChI=1S/C22H27N5O/c1-15-16-8-4-5-9-17(16)25-21(24-15)14-27-13-7-6-10-19(27)18-11-12-20(26(18)3)22(28)23-2/h4-5,8-9,11-12,19H,6-7,10,13-14H2,1-3H3,(H,23,28). The lowest BCUT2D eigenvalue weighted by molar-refractivity contribution is 0.0952. The van der Waals surface area contributed by atoms with Crippen LogP contribution in [0.3, 0.4) is 0 Å². The normalized spacial score (nSPS) is 17.8. The van der Waals surface area contributed by atoms with Gasteiger partial charge in [0.05, 0.1) is 18.1 Å². The summed E-state index contributed by atoms with van der Waals surface area (Å²) in [4.78, 5) is 24.1. The molecular weight excluding hydrogens is 350 g/mol. The number of likely N-dealkylation sites (tertiary alicyclic amines) is 1. The predicted octanol–water partition coefficient (Wildman–Crippen LogP) is 3.36. The maximum atomic E-state index is 12.1. The topological polar surface area (TPSA) is 63.1 Å². The van der Waals surface area contributed by atoms with Crippen LogP contribution in [0.5, 0.6) is 0 Å². The van der Waals surface area contributed by atoms with E-state index in [-0.39, 0.29) is 11.9 Å². The molecule has 4 rings (SSSR count). The monoisotopic (exact) mass is 377 g/mol. The maximum absolute atomic E-state index is 12.1. The summed E-state index contributed by atoms with van der Waals surface area (Å²) in [5.74, 6) is 0.813. The Morgan fingerprint density at radius 3 is 2.82 bits per heavy atom. The van der Waals surface area contributed by atoms with Gasteiger partial charge in [0.2, 0.25) is 0 Å². The van der Waals surface area contributed by atoms with E-state index in [1.54, 1.807) is 7.05 Å². The minimum Gasteiger partial charge on any atom is -0.354 e. The fourth-order valence-electron chi connectivity index (χ4n) is 4.28. The Labute approximate surface area is 165 Å². The highest BCUT2D eigenvalue weighted by Gasteiger charge is 2.28. The number of hydrogen-bond donors (Lipinski definition) is 1. The molecule has 0 saturated carbocycles. The molecule has 0 aliphatic carbocycles. The number of nitrogens with one attached hydrogen (secondary N) is 1. The van der Waals surface area contributed by atoms with Gasteiger partial charge >= 0.3 is 0 Å². The summed E-state index contributed by atoms with van der Waals surface area (Å²) in [5.41, 5.74) is 3.89. The zero-order chi connectivity index (χ0) is 19.7. The molecule has 3 heterocycles. The average molecular weight is 377 g/mol. The number of aromatic nitrogens is 3. The second-order valence-corrected chi connectivity index (χ2v) is 7.51. The number of aryl methyl sites for hydroxylation is 1. The number of benzene rings is 1. The molecule has 3 aromatic rings. The van der Waals surface area contributed by atoms with Crippen LogP contribution >= 0.6 is 0 Å². The number of nitrogens with zero attached hydrogens (tertiary/aromatic N) is 4. The minimum absolute atomic E-state index is 0.0513. The van der Waals surface area contributed by atoms with Crippen molar-refractivity contribution in [2.45, 2.75) is 38.8 Å². The first-order valence-electron chi connectivity index (χ1n) is 9.92. The zero-order valence-corrected chi connectivity index (χ0v) is 16.8. The van der Waals surface area contributed by atoms with E-state index in [9.17, 15) is 4.79 Å². The van der Waals surface area contributed by atoms with Crippen LogP contribution in [0.2, 0.25) is 0 Å². The highest BCUT2D eigenvalue weighted by Crippen LogP contribution is 2.32. The molecule has 2 aromatic heterocycles. The fraction of sp³-hybridized carbons (Fsp3) is 0.409. The molecule has 1 saturated heterocycles. The van der Waals surface area contributed by atoms with Gasteiger partial charge in [-0.3, -0.25) is 9.69 Å². The number of para-hydroxylation sites is 1. The summed E-state index contributed by atoms with van der Waals surface area (Å²) in [6, 6.07) is 12.4. The van der Waals surface area contributed by atoms with Crippen molar-refractivity contribution in [3.8, 4) is 0 Å². The van der Waals surface area contributed by atoms with Gasteiger partial charge in [-0.2, -0.15) is 0 Å². The van der Waals surface area contributed by atoms with Gasteiger partial charge in [-0.25, -0.2) is 9.97 Å². The van der Waals surface area contributed by atoms with Crippen molar-refractivity contribution in [1.82, 2.24) is 24.8 Å². The molecule has 1 unspecified atom stereocenters. The van der Waals surface area contributed by atoms with Gasteiger partial charge in [-0.15, -0.1) is 0 Å². The largest absolute Gasteiger partial charge is 0.354 e. The first kappa shape index (κ1) is 18.6. The van der Waals surface area contributed by atoms with Gasteiger partial charge in [0.15, 0.2) is 0 Å². The summed E-state index contributed by atoms with van der Waals surface area (Å²) in [7, 11) is 3.64. The second-order valence-electron chi connectivity index (χ2n) is 7.51. The van der Waals surface area contributed by atoms with Gasteiger partial charge in [0.1, 0.15) is 11.5 Å². The van der Waals surface area contributed by atoms with Crippen LogP contribution in [0.15, 0.2) is 36.4 Å². The number of carbonyl (C=O) groups is 1. The van der Waals surface area contributed by atoms with Crippen LogP contribution in [-0.2, 0) is 13.6 Å². The van der Waals surface area contributed by atoms with E-state index in [2.05, 4.69) is 22.3 Å². The van der Waals surface area contributed by atoms with Gasteiger partial charge in [-0.05, 0) is 44.5 Å². The first-order chi connectivity index (χ1) is 13.6. The fourth-order valence-corrected chi connectivity index (χ4v) is 4.28. The number of carbonyl (C=O) groups excluding carboxylic acids is 1. The van der Waals surface area contributed by atoms with E-state index < -0.39 is 0 Å². The molecule has 0 radical (unpaired) electrons. The van der Waals surface area contributed by atoms with Crippen LogP contribution < -0.4 is 5.32 Å². The van der Waals surface area contributed by atoms with E-state index in [4.69, 9.17) is 9.97 Å². The Morgan fingerprint density at radius 1 is 1.18 bits per heavy atom. The molecule has 6 nitrogen and oxygen atoms in total. The van der Waals surface area contributed by atoms with E-state index in [1.165, 1.54) is 18.5 Å². The Bertz CT molecular complexity index is 1010. The highest BCUT2D eigenvalue weighted by atomic mass is 16.1. The molecule has 1 aromatic carbocycles. The summed E-state index contributed by atoms with van der Waals surface area (Å²) in [6.45, 7) is 3.78. The third-order valence-electron chi connectivity index (χ3n) is 5.76. The minimum atomic E-state index is -0.0513. The molecule has 1 fully saturated rings. The van der Waals surface area contributed by atoms with Crippen molar-refractivity contribution < 1.29 is 4.79 Å². The Hall–Kier alpha value is -2.73. The van der Waals surface area contributed by atoms with Crippen molar-refractivity contribution in [1.29, 1.82) is 0 Å². The van der Waals surface area contributed by atoms with Gasteiger partial charge in [0, 0.05) is 30.9 Å². The smallest absolute Gasteiger partial charge is 0.267 e. The maximum Gasteiger partial charge on any atom is 0.267 e. The number of amides is 1. The third-order valence-corrected chi connectivity index (χ3v) is 5.76. The SMILES string of the molecule is CNC(=O)c1ccc(C2CCCCN2Cc2nc(C)c3ccccc3n2)n1C. The van der Waals surface area contributed by atoms with Crippen molar-refractivity contribution in [3.63, 3.8) is 0 Å². The van der Waals surface area contributed by atoms with E-state index in [1.807, 2.05) is 42.8 Å². The van der Waals surface area contributed by atoms with E-state index in [0.29, 0.717) is 5.69 Å². The van der Waals surface area contributed by atoms with Crippen molar-refractivity contribution in [2.75, 3.05) is 13.6 Å². The van der Waals surface area contributed by atoms with Crippen molar-refractivity contribution >= 4 is 16.8 Å². The average Bonchev–Trinajstić information content (AvgIpc) is 3.09. The van der Waals surface area contributed by atoms with Crippen molar-refractivity contribution in [2.24, 2.45) is 7.05 Å². The molecule has 28 heavy (non-hydrogen) atoms. The lowest BCUT2D eigenvalue weighted by atomic mass is 9.99. The van der Waals surface area contributed by atoms with Gasteiger partial charge in [0.25, 0.3) is 5.91 Å². The molecular formula is C22H27N5O. The summed E-state index contributed by atoms with van der Waals surface area (Å²) in [6.07, 6.45) is 3.45. The molecule has 1 atom stereocenters. The second kappa shape index (κ2) is 7.72. The van der Waals surface area contributed by atoms with Crippen LogP contribution in [0, 0.1) is 6.92 Å². The lowest BCUT2D eigenvalue weighted by Crippen LogP contribution is -2.35. The number of piperidine rings is 1. The Kier molecular flexibility index (Phi) is 5.13. The quantitative estimate of drug-likeness (QED) is 0.757. The van der Waals surface area contributed by atoms with Gasteiger partial charge in [-0.1, -0.05) is 24.6 Å². The first-order valence-corrected chi connectivity index (χ1v) is 9.92. The molecule has 1 aliphatic heterocycles.